The molecule has 16 heavy (non-hydrogen) atoms. The Bertz CT molecular complexity index is 278. The van der Waals surface area contributed by atoms with E-state index in [1.165, 1.54) is 0 Å². The van der Waals surface area contributed by atoms with Crippen molar-refractivity contribution in [3.05, 3.63) is 12.4 Å². The number of hydrogen-bond acceptors (Lipinski definition) is 4. The zero-order valence-electron chi connectivity index (χ0n) is 10.1. The predicted molar refractivity (Wildman–Crippen MR) is 67.9 cm³/mol. The summed E-state index contributed by atoms with van der Waals surface area (Å²) in [6.07, 6.45) is 4.89. The minimum absolute atomic E-state index is 0.814. The van der Waals surface area contributed by atoms with Gasteiger partial charge in [0.2, 0.25) is 0 Å². The Hall–Kier alpha value is -0.520. The van der Waals surface area contributed by atoms with Crippen molar-refractivity contribution in [2.75, 3.05) is 32.1 Å². The number of thioether (sulfide) groups is 1. The molecule has 1 heterocycles. The van der Waals surface area contributed by atoms with Gasteiger partial charge in [-0.1, -0.05) is 11.8 Å². The van der Waals surface area contributed by atoms with Crippen LogP contribution in [-0.2, 0) is 11.8 Å². The van der Waals surface area contributed by atoms with E-state index in [9.17, 15) is 0 Å². The van der Waals surface area contributed by atoms with Gasteiger partial charge in [0.05, 0.1) is 0 Å². The Labute approximate surface area is 102 Å². The van der Waals surface area contributed by atoms with Gasteiger partial charge in [-0.15, -0.1) is 0 Å². The minimum atomic E-state index is 0.814. The minimum Gasteiger partial charge on any atom is -0.382 e. The van der Waals surface area contributed by atoms with E-state index in [-0.39, 0.29) is 0 Å². The third-order valence-corrected chi connectivity index (χ3v) is 3.19. The molecular weight excluding hydrogens is 222 g/mol. The number of aryl methyl sites for hydroxylation is 1. The van der Waals surface area contributed by atoms with E-state index in [0.29, 0.717) is 0 Å². The van der Waals surface area contributed by atoms with Crippen LogP contribution in [0.25, 0.3) is 0 Å². The van der Waals surface area contributed by atoms with E-state index in [4.69, 9.17) is 4.74 Å². The summed E-state index contributed by atoms with van der Waals surface area (Å²) in [5.41, 5.74) is 0. The fourth-order valence-corrected chi connectivity index (χ4v) is 2.10. The van der Waals surface area contributed by atoms with Crippen LogP contribution in [0, 0.1) is 0 Å². The highest BCUT2D eigenvalue weighted by atomic mass is 32.2. The molecule has 0 radical (unpaired) electrons. The molecule has 5 heteroatoms. The van der Waals surface area contributed by atoms with E-state index >= 15 is 0 Å². The van der Waals surface area contributed by atoms with Crippen molar-refractivity contribution in [2.24, 2.45) is 7.05 Å². The fraction of sp³-hybridized carbons (Fsp3) is 0.727. The number of nitrogens with zero attached hydrogens (tertiary/aromatic N) is 2. The molecule has 0 saturated heterocycles. The van der Waals surface area contributed by atoms with E-state index in [2.05, 4.69) is 10.3 Å². The molecule has 0 fully saturated rings. The van der Waals surface area contributed by atoms with Crippen molar-refractivity contribution in [1.82, 2.24) is 14.9 Å². The summed E-state index contributed by atoms with van der Waals surface area (Å²) in [5.74, 6) is 1.06. The van der Waals surface area contributed by atoms with Crippen molar-refractivity contribution >= 4 is 11.8 Å². The van der Waals surface area contributed by atoms with Crippen LogP contribution in [0.4, 0.5) is 0 Å². The molecule has 1 N–H and O–H groups in total. The average molecular weight is 243 g/mol. The molecule has 92 valence electrons. The SMILES string of the molecule is CCOCCCNCCSc1nccn1C. The second-order valence-electron chi connectivity index (χ2n) is 3.47. The highest BCUT2D eigenvalue weighted by molar-refractivity contribution is 7.99. The van der Waals surface area contributed by atoms with E-state index in [1.807, 2.05) is 30.9 Å². The second kappa shape index (κ2) is 8.61. The predicted octanol–water partition coefficient (Wildman–Crippen LogP) is 1.53. The van der Waals surface area contributed by atoms with Crippen molar-refractivity contribution in [3.63, 3.8) is 0 Å². The number of imidazole rings is 1. The quantitative estimate of drug-likeness (QED) is 0.527. The second-order valence-corrected chi connectivity index (χ2v) is 4.53. The Balaban J connectivity index is 1.91. The Morgan fingerprint density at radius 1 is 1.50 bits per heavy atom. The van der Waals surface area contributed by atoms with Crippen molar-refractivity contribution in [1.29, 1.82) is 0 Å². The van der Waals surface area contributed by atoms with Gasteiger partial charge in [-0.3, -0.25) is 0 Å². The molecule has 0 unspecified atom stereocenters. The third-order valence-electron chi connectivity index (χ3n) is 2.13. The van der Waals surface area contributed by atoms with Gasteiger partial charge in [0.15, 0.2) is 5.16 Å². The van der Waals surface area contributed by atoms with Crippen LogP contribution in [0.1, 0.15) is 13.3 Å². The summed E-state index contributed by atoms with van der Waals surface area (Å²) in [6.45, 7) is 5.74. The summed E-state index contributed by atoms with van der Waals surface area (Å²) in [5, 5.41) is 4.47. The lowest BCUT2D eigenvalue weighted by Crippen LogP contribution is -2.19. The molecule has 0 atom stereocenters. The molecule has 0 spiro atoms. The lowest BCUT2D eigenvalue weighted by atomic mass is 10.4. The zero-order chi connectivity index (χ0) is 11.6. The summed E-state index contributed by atoms with van der Waals surface area (Å²) < 4.78 is 7.30. The first-order valence-electron chi connectivity index (χ1n) is 5.73. The van der Waals surface area contributed by atoms with E-state index in [0.717, 1.165) is 43.6 Å². The van der Waals surface area contributed by atoms with Gasteiger partial charge in [0, 0.05) is 45.0 Å². The molecule has 0 aliphatic heterocycles. The smallest absolute Gasteiger partial charge is 0.167 e. The first-order valence-corrected chi connectivity index (χ1v) is 6.71. The van der Waals surface area contributed by atoms with Gasteiger partial charge in [-0.25, -0.2) is 4.98 Å². The summed E-state index contributed by atoms with van der Waals surface area (Å²) in [6, 6.07) is 0. The van der Waals surface area contributed by atoms with E-state index in [1.54, 1.807) is 11.8 Å². The molecule has 0 bridgehead atoms. The lowest BCUT2D eigenvalue weighted by molar-refractivity contribution is 0.145. The number of aromatic nitrogens is 2. The molecule has 4 nitrogen and oxygen atoms in total. The van der Waals surface area contributed by atoms with E-state index < -0.39 is 0 Å². The van der Waals surface area contributed by atoms with Crippen molar-refractivity contribution < 1.29 is 4.74 Å². The van der Waals surface area contributed by atoms with Crippen LogP contribution < -0.4 is 5.32 Å². The van der Waals surface area contributed by atoms with Crippen LogP contribution in [0.5, 0.6) is 0 Å². The average Bonchev–Trinajstić information content (AvgIpc) is 2.68. The van der Waals surface area contributed by atoms with Gasteiger partial charge < -0.3 is 14.6 Å². The van der Waals surface area contributed by atoms with Gasteiger partial charge >= 0.3 is 0 Å². The molecule has 0 aliphatic rings. The maximum Gasteiger partial charge on any atom is 0.167 e. The Kier molecular flexibility index (Phi) is 7.29. The monoisotopic (exact) mass is 243 g/mol. The highest BCUT2D eigenvalue weighted by Gasteiger charge is 1.98. The normalized spacial score (nSPS) is 10.9. The molecule has 0 amide bonds. The maximum absolute atomic E-state index is 5.26. The standard InChI is InChI=1S/C11H21N3OS/c1-3-15-9-4-5-12-7-10-16-11-13-6-8-14(11)2/h6,8,12H,3-5,7,9-10H2,1-2H3. The van der Waals surface area contributed by atoms with Crippen molar-refractivity contribution in [3.8, 4) is 0 Å². The maximum atomic E-state index is 5.26. The molecular formula is C11H21N3OS. The Morgan fingerprint density at radius 3 is 3.06 bits per heavy atom. The van der Waals surface area contributed by atoms with Gasteiger partial charge in [0.1, 0.15) is 0 Å². The lowest BCUT2D eigenvalue weighted by Gasteiger charge is -2.04. The number of hydrogen-bond donors (Lipinski definition) is 1. The topological polar surface area (TPSA) is 39.1 Å². The van der Waals surface area contributed by atoms with Gasteiger partial charge in [0.25, 0.3) is 0 Å². The van der Waals surface area contributed by atoms with Crippen molar-refractivity contribution in [2.45, 2.75) is 18.5 Å². The molecule has 1 aromatic rings. The molecule has 0 aromatic carbocycles. The number of rotatable bonds is 9. The zero-order valence-corrected chi connectivity index (χ0v) is 10.9. The first kappa shape index (κ1) is 13.5. The van der Waals surface area contributed by atoms with Crippen LogP contribution >= 0.6 is 11.8 Å². The molecule has 1 rings (SSSR count). The summed E-state index contributed by atoms with van der Waals surface area (Å²) in [7, 11) is 2.02. The fourth-order valence-electron chi connectivity index (χ4n) is 1.27. The van der Waals surface area contributed by atoms with Crippen LogP contribution in [-0.4, -0.2) is 41.6 Å². The largest absolute Gasteiger partial charge is 0.382 e. The highest BCUT2D eigenvalue weighted by Crippen LogP contribution is 2.12. The molecule has 1 aromatic heterocycles. The number of ether oxygens (including phenoxy) is 1. The van der Waals surface area contributed by atoms with Crippen LogP contribution in [0.15, 0.2) is 17.6 Å². The summed E-state index contributed by atoms with van der Waals surface area (Å²) >= 11 is 1.78. The van der Waals surface area contributed by atoms with Gasteiger partial charge in [-0.2, -0.15) is 0 Å². The van der Waals surface area contributed by atoms with Crippen LogP contribution in [0.2, 0.25) is 0 Å². The number of nitrogens with one attached hydrogen (secondary N) is 1. The first-order chi connectivity index (χ1) is 7.84. The molecule has 0 saturated carbocycles. The summed E-state index contributed by atoms with van der Waals surface area (Å²) in [4.78, 5) is 4.25. The van der Waals surface area contributed by atoms with Crippen LogP contribution in [0.3, 0.4) is 0 Å². The van der Waals surface area contributed by atoms with Gasteiger partial charge in [-0.05, 0) is 19.9 Å². The Morgan fingerprint density at radius 2 is 2.38 bits per heavy atom. The molecule has 0 aliphatic carbocycles. The third kappa shape index (κ3) is 5.53.